The zero-order valence-corrected chi connectivity index (χ0v) is 24.4. The van der Waals surface area contributed by atoms with Gasteiger partial charge in [-0.2, -0.15) is 0 Å². The summed E-state index contributed by atoms with van der Waals surface area (Å²) in [4.78, 5) is 19.0. The zero-order chi connectivity index (χ0) is 29.1. The van der Waals surface area contributed by atoms with E-state index in [-0.39, 0.29) is 24.6 Å². The molecule has 1 aliphatic rings. The lowest BCUT2D eigenvalue weighted by Crippen LogP contribution is -2.29. The third-order valence-electron chi connectivity index (χ3n) is 6.76. The Balaban J connectivity index is 1.26. The molecule has 5 aromatic rings. The van der Waals surface area contributed by atoms with Gasteiger partial charge in [0.05, 0.1) is 16.8 Å². The number of amides is 1. The summed E-state index contributed by atoms with van der Waals surface area (Å²) >= 11 is 18.4. The van der Waals surface area contributed by atoms with E-state index >= 15 is 0 Å². The molecule has 0 bridgehead atoms. The number of furan rings is 1. The van der Waals surface area contributed by atoms with Gasteiger partial charge in [0.15, 0.2) is 11.7 Å². The van der Waals surface area contributed by atoms with Gasteiger partial charge in [0, 0.05) is 28.2 Å². The summed E-state index contributed by atoms with van der Waals surface area (Å²) in [5.74, 6) is 1.66. The highest BCUT2D eigenvalue weighted by molar-refractivity contribution is 7.80. The molecular weight excluding hydrogens is 591 g/mol. The first-order chi connectivity index (χ1) is 20.5. The average molecular weight is 616 g/mol. The van der Waals surface area contributed by atoms with Crippen molar-refractivity contribution < 1.29 is 13.9 Å². The van der Waals surface area contributed by atoms with E-state index in [1.165, 1.54) is 0 Å². The van der Waals surface area contributed by atoms with Gasteiger partial charge in [-0.05, 0) is 91.1 Å². The van der Waals surface area contributed by atoms with Crippen LogP contribution in [-0.4, -0.2) is 22.6 Å². The summed E-state index contributed by atoms with van der Waals surface area (Å²) in [7, 11) is 0. The number of rotatable bonds is 8. The Bertz CT molecular complexity index is 1720. The van der Waals surface area contributed by atoms with Crippen molar-refractivity contribution in [3.63, 3.8) is 0 Å². The second kappa shape index (κ2) is 12.2. The predicted molar refractivity (Wildman–Crippen MR) is 169 cm³/mol. The van der Waals surface area contributed by atoms with Crippen LogP contribution in [0.15, 0.2) is 114 Å². The molecule has 2 N–H and O–H groups in total. The Labute approximate surface area is 258 Å². The first kappa shape index (κ1) is 27.8. The first-order valence-corrected chi connectivity index (χ1v) is 14.3. The lowest BCUT2D eigenvalue weighted by Gasteiger charge is -2.26. The number of nitrogens with zero attached hydrogens (tertiary/aromatic N) is 2. The number of anilines is 2. The smallest absolute Gasteiger partial charge is 0.262 e. The lowest BCUT2D eigenvalue weighted by molar-refractivity contribution is -0.118. The van der Waals surface area contributed by atoms with Crippen molar-refractivity contribution in [3.05, 3.63) is 131 Å². The SMILES string of the molecule is O=C(COc1ccccc1)Nc1ccc(N2C(=S)N[C@H](c3ccccn3)[C@@H]2c2ccc(-c3ccc(Cl)cc3Cl)o2)cc1. The summed E-state index contributed by atoms with van der Waals surface area (Å²) in [6, 6.07) is 30.9. The number of para-hydroxylation sites is 1. The van der Waals surface area contributed by atoms with E-state index in [1.54, 1.807) is 30.5 Å². The molecule has 0 unspecified atom stereocenters. The minimum Gasteiger partial charge on any atom is -0.484 e. The molecule has 3 heterocycles. The number of thiocarbonyl (C=S) groups is 1. The van der Waals surface area contributed by atoms with Gasteiger partial charge in [0.2, 0.25) is 0 Å². The normalized spacial score (nSPS) is 16.2. The molecule has 7 nitrogen and oxygen atoms in total. The van der Waals surface area contributed by atoms with E-state index in [2.05, 4.69) is 15.6 Å². The van der Waals surface area contributed by atoms with Crippen molar-refractivity contribution in [2.45, 2.75) is 12.1 Å². The van der Waals surface area contributed by atoms with Crippen LogP contribution in [0.4, 0.5) is 11.4 Å². The van der Waals surface area contributed by atoms with Crippen LogP contribution < -0.4 is 20.3 Å². The van der Waals surface area contributed by atoms with Crippen LogP contribution >= 0.6 is 35.4 Å². The number of ether oxygens (including phenoxy) is 1. The number of hydrogen-bond acceptors (Lipinski definition) is 5. The van der Waals surface area contributed by atoms with Crippen LogP contribution in [0, 0.1) is 0 Å². The van der Waals surface area contributed by atoms with Gasteiger partial charge in [-0.15, -0.1) is 0 Å². The molecule has 0 spiro atoms. The minimum atomic E-state index is -0.355. The first-order valence-electron chi connectivity index (χ1n) is 13.1. The molecule has 1 fully saturated rings. The number of aromatic nitrogens is 1. The fourth-order valence-electron chi connectivity index (χ4n) is 4.84. The molecule has 0 saturated carbocycles. The maximum atomic E-state index is 12.5. The van der Waals surface area contributed by atoms with Crippen molar-refractivity contribution in [1.29, 1.82) is 0 Å². The van der Waals surface area contributed by atoms with E-state index in [4.69, 9.17) is 44.6 Å². The third kappa shape index (κ3) is 5.97. The number of hydrogen-bond donors (Lipinski definition) is 2. The van der Waals surface area contributed by atoms with Crippen LogP contribution in [0.1, 0.15) is 23.5 Å². The number of carbonyl (C=O) groups excluding carboxylic acids is 1. The van der Waals surface area contributed by atoms with Gasteiger partial charge in [-0.3, -0.25) is 9.78 Å². The largest absolute Gasteiger partial charge is 0.484 e. The van der Waals surface area contributed by atoms with Crippen LogP contribution in [0.3, 0.4) is 0 Å². The maximum Gasteiger partial charge on any atom is 0.262 e. The summed E-state index contributed by atoms with van der Waals surface area (Å²) in [5, 5.41) is 7.85. The molecule has 1 amide bonds. The summed E-state index contributed by atoms with van der Waals surface area (Å²) in [5.41, 5.74) is 3.00. The highest BCUT2D eigenvalue weighted by atomic mass is 35.5. The topological polar surface area (TPSA) is 79.6 Å². The molecule has 1 aliphatic heterocycles. The number of halogens is 2. The molecule has 0 radical (unpaired) electrons. The van der Waals surface area contributed by atoms with Crippen molar-refractivity contribution in [3.8, 4) is 17.1 Å². The molecule has 2 atom stereocenters. The highest BCUT2D eigenvalue weighted by Gasteiger charge is 2.42. The molecule has 1 saturated heterocycles. The number of carbonyl (C=O) groups is 1. The number of nitrogens with one attached hydrogen (secondary N) is 2. The Hall–Kier alpha value is -4.37. The standard InChI is InChI=1S/C32H24Cl2N4O3S/c33-20-9-14-24(25(34)18-20)27-15-16-28(41-27)31-30(26-8-4-5-17-35-26)37-32(42)38(31)22-12-10-21(11-13-22)36-29(39)19-40-23-6-2-1-3-7-23/h1-18,30-31H,19H2,(H,36,39)(H,37,42)/t30-,31+/m1/s1. The molecule has 6 rings (SSSR count). The van der Waals surface area contributed by atoms with E-state index in [1.807, 2.05) is 83.8 Å². The van der Waals surface area contributed by atoms with Gasteiger partial charge < -0.3 is 24.7 Å². The van der Waals surface area contributed by atoms with Crippen LogP contribution in [-0.2, 0) is 4.79 Å². The number of benzene rings is 3. The zero-order valence-electron chi connectivity index (χ0n) is 22.0. The highest BCUT2D eigenvalue weighted by Crippen LogP contribution is 2.43. The Morgan fingerprint density at radius 2 is 1.76 bits per heavy atom. The molecule has 10 heteroatoms. The van der Waals surface area contributed by atoms with E-state index < -0.39 is 0 Å². The van der Waals surface area contributed by atoms with Crippen LogP contribution in [0.5, 0.6) is 5.75 Å². The van der Waals surface area contributed by atoms with E-state index in [0.29, 0.717) is 38.1 Å². The molecule has 0 aliphatic carbocycles. The fraction of sp³-hybridized carbons (Fsp3) is 0.0938. The average Bonchev–Trinajstić information content (AvgIpc) is 3.62. The predicted octanol–water partition coefficient (Wildman–Crippen LogP) is 7.84. The maximum absolute atomic E-state index is 12.5. The fourth-order valence-corrected chi connectivity index (χ4v) is 5.68. The molecule has 3 aromatic carbocycles. The van der Waals surface area contributed by atoms with Crippen molar-refractivity contribution in [2.24, 2.45) is 0 Å². The van der Waals surface area contributed by atoms with Gasteiger partial charge in [-0.25, -0.2) is 0 Å². The van der Waals surface area contributed by atoms with Crippen molar-refractivity contribution in [2.75, 3.05) is 16.8 Å². The monoisotopic (exact) mass is 614 g/mol. The minimum absolute atomic E-state index is 0.0990. The van der Waals surface area contributed by atoms with Crippen molar-refractivity contribution >= 4 is 57.8 Å². The Morgan fingerprint density at radius 3 is 2.50 bits per heavy atom. The van der Waals surface area contributed by atoms with Gasteiger partial charge in [-0.1, -0.05) is 47.5 Å². The van der Waals surface area contributed by atoms with Crippen LogP contribution in [0.25, 0.3) is 11.3 Å². The third-order valence-corrected chi connectivity index (χ3v) is 7.62. The summed E-state index contributed by atoms with van der Waals surface area (Å²) in [6.45, 7) is -0.0990. The summed E-state index contributed by atoms with van der Waals surface area (Å²) in [6.07, 6.45) is 1.75. The Kier molecular flexibility index (Phi) is 8.10. The molecular formula is C32H24Cl2N4O3S. The molecule has 210 valence electrons. The summed E-state index contributed by atoms with van der Waals surface area (Å²) < 4.78 is 11.9. The second-order valence-corrected chi connectivity index (χ2v) is 10.7. The molecule has 42 heavy (non-hydrogen) atoms. The second-order valence-electron chi connectivity index (χ2n) is 9.52. The molecule has 2 aromatic heterocycles. The lowest BCUT2D eigenvalue weighted by atomic mass is 10.0. The quantitative estimate of drug-likeness (QED) is 0.172. The van der Waals surface area contributed by atoms with Gasteiger partial charge >= 0.3 is 0 Å². The van der Waals surface area contributed by atoms with Crippen molar-refractivity contribution in [1.82, 2.24) is 10.3 Å². The van der Waals surface area contributed by atoms with Gasteiger partial charge in [0.1, 0.15) is 23.3 Å². The number of pyridine rings is 1. The van der Waals surface area contributed by atoms with Crippen LogP contribution in [0.2, 0.25) is 10.0 Å². The Morgan fingerprint density at radius 1 is 0.976 bits per heavy atom. The van der Waals surface area contributed by atoms with Gasteiger partial charge in [0.25, 0.3) is 5.91 Å². The van der Waals surface area contributed by atoms with E-state index in [9.17, 15) is 4.79 Å². The van der Waals surface area contributed by atoms with E-state index in [0.717, 1.165) is 16.9 Å².